The van der Waals surface area contributed by atoms with Crippen molar-refractivity contribution in [1.82, 2.24) is 24.6 Å². The summed E-state index contributed by atoms with van der Waals surface area (Å²) >= 11 is 9.52. The Morgan fingerprint density at radius 2 is 1.67 bits per heavy atom. The minimum Gasteiger partial charge on any atom is -0.497 e. The van der Waals surface area contributed by atoms with Crippen molar-refractivity contribution in [3.63, 3.8) is 0 Å². The number of hydrogen-bond donors (Lipinski definition) is 0. The lowest BCUT2D eigenvalue weighted by molar-refractivity contribution is 0.0741. The van der Waals surface area contributed by atoms with Crippen molar-refractivity contribution in [3.8, 4) is 28.6 Å². The van der Waals surface area contributed by atoms with Gasteiger partial charge in [0.1, 0.15) is 22.2 Å². The summed E-state index contributed by atoms with van der Waals surface area (Å²) in [7, 11) is 3.30. The van der Waals surface area contributed by atoms with Crippen LogP contribution in [0.2, 0.25) is 5.02 Å². The molecule has 1 amide bonds. The van der Waals surface area contributed by atoms with Crippen molar-refractivity contribution >= 4 is 46.3 Å². The van der Waals surface area contributed by atoms with Gasteiger partial charge in [-0.3, -0.25) is 9.36 Å². The number of halogens is 1. The molecule has 0 spiro atoms. The number of carbonyl (C=O) groups excluding carboxylic acids is 1. The van der Waals surface area contributed by atoms with Gasteiger partial charge in [0.05, 0.1) is 30.7 Å². The summed E-state index contributed by atoms with van der Waals surface area (Å²) in [5.41, 5.74) is 3.17. The standard InChI is InChI=1S/C31H29ClN6O3S2/c1-40-22-13-11-21(12-14-22)36-15-17-37(18-16-36)30(39)25-19-42-28(33-25)20-43-31-35-34-29(23-7-3-4-8-24(23)32)38(31)26-9-5-6-10-27(26)41-2/h3-14,19H,15-18,20H2,1-2H3. The molecule has 1 fully saturated rings. The SMILES string of the molecule is COc1ccc(N2CCN(C(=O)c3csc(CSc4nnc(-c5ccccc5Cl)n4-c4ccccc4OC)n3)CC2)cc1. The third kappa shape index (κ3) is 6.20. The fourth-order valence-electron chi connectivity index (χ4n) is 4.94. The van der Waals surface area contributed by atoms with E-state index < -0.39 is 0 Å². The van der Waals surface area contributed by atoms with Crippen molar-refractivity contribution in [2.75, 3.05) is 45.3 Å². The van der Waals surface area contributed by atoms with Crippen LogP contribution in [0, 0.1) is 0 Å². The molecule has 1 aliphatic heterocycles. The second-order valence-electron chi connectivity index (χ2n) is 9.69. The molecule has 9 nitrogen and oxygen atoms in total. The number of thiazole rings is 1. The van der Waals surface area contributed by atoms with Crippen LogP contribution >= 0.6 is 34.7 Å². The van der Waals surface area contributed by atoms with Crippen LogP contribution in [0.3, 0.4) is 0 Å². The third-order valence-corrected chi connectivity index (χ3v) is 9.48. The van der Waals surface area contributed by atoms with E-state index in [4.69, 9.17) is 21.1 Å². The Kier molecular flexibility index (Phi) is 8.82. The summed E-state index contributed by atoms with van der Waals surface area (Å²) < 4.78 is 12.9. The van der Waals surface area contributed by atoms with Crippen LogP contribution in [0.1, 0.15) is 15.5 Å². The van der Waals surface area contributed by atoms with E-state index in [1.165, 1.54) is 23.1 Å². The summed E-state index contributed by atoms with van der Waals surface area (Å²) in [4.78, 5) is 22.1. The molecular formula is C31H29ClN6O3S2. The van der Waals surface area contributed by atoms with Crippen LogP contribution in [0.15, 0.2) is 83.3 Å². The van der Waals surface area contributed by atoms with Crippen molar-refractivity contribution < 1.29 is 14.3 Å². The zero-order valence-corrected chi connectivity index (χ0v) is 26.0. The molecule has 220 valence electrons. The molecule has 0 atom stereocenters. The minimum atomic E-state index is -0.0416. The normalized spacial score (nSPS) is 13.3. The first-order chi connectivity index (χ1) is 21.1. The number of methoxy groups -OCH3 is 2. The van der Waals surface area contributed by atoms with Gasteiger partial charge in [-0.25, -0.2) is 4.98 Å². The lowest BCUT2D eigenvalue weighted by atomic mass is 10.2. The zero-order chi connectivity index (χ0) is 29.8. The maximum absolute atomic E-state index is 13.3. The number of hydrogen-bond acceptors (Lipinski definition) is 9. The van der Waals surface area contributed by atoms with Gasteiger partial charge in [-0.2, -0.15) is 0 Å². The van der Waals surface area contributed by atoms with E-state index >= 15 is 0 Å². The summed E-state index contributed by atoms with van der Waals surface area (Å²) in [5.74, 6) is 2.61. The lowest BCUT2D eigenvalue weighted by Gasteiger charge is -2.35. The Morgan fingerprint density at radius 1 is 0.930 bits per heavy atom. The summed E-state index contributed by atoms with van der Waals surface area (Å²) in [6.45, 7) is 2.80. The molecule has 3 heterocycles. The molecule has 12 heteroatoms. The number of amides is 1. The van der Waals surface area contributed by atoms with Gasteiger partial charge in [0.25, 0.3) is 5.91 Å². The molecule has 0 N–H and O–H groups in total. The smallest absolute Gasteiger partial charge is 0.273 e. The zero-order valence-electron chi connectivity index (χ0n) is 23.6. The Balaban J connectivity index is 1.15. The van der Waals surface area contributed by atoms with Crippen LogP contribution in [0.5, 0.6) is 11.5 Å². The topological polar surface area (TPSA) is 85.6 Å². The van der Waals surface area contributed by atoms with E-state index in [0.29, 0.717) is 46.3 Å². The number of rotatable bonds is 9. The number of carbonyl (C=O) groups is 1. The van der Waals surface area contributed by atoms with Crippen LogP contribution in [0.4, 0.5) is 5.69 Å². The predicted molar refractivity (Wildman–Crippen MR) is 171 cm³/mol. The first kappa shape index (κ1) is 29.0. The van der Waals surface area contributed by atoms with Crippen molar-refractivity contribution in [2.24, 2.45) is 0 Å². The maximum atomic E-state index is 13.3. The monoisotopic (exact) mass is 632 g/mol. The van der Waals surface area contributed by atoms with Crippen molar-refractivity contribution in [2.45, 2.75) is 10.9 Å². The predicted octanol–water partition coefficient (Wildman–Crippen LogP) is 6.32. The quantitative estimate of drug-likeness (QED) is 0.175. The van der Waals surface area contributed by atoms with Crippen LogP contribution < -0.4 is 14.4 Å². The molecule has 1 saturated heterocycles. The summed E-state index contributed by atoms with van der Waals surface area (Å²) in [6.07, 6.45) is 0. The van der Waals surface area contributed by atoms with E-state index in [1.54, 1.807) is 14.2 Å². The van der Waals surface area contributed by atoms with Gasteiger partial charge in [-0.1, -0.05) is 47.6 Å². The molecule has 0 saturated carbocycles. The molecule has 5 aromatic rings. The molecule has 0 unspecified atom stereocenters. The van der Waals surface area contributed by atoms with E-state index in [-0.39, 0.29) is 5.91 Å². The molecule has 2 aromatic heterocycles. The Morgan fingerprint density at radius 3 is 2.42 bits per heavy atom. The maximum Gasteiger partial charge on any atom is 0.273 e. The number of para-hydroxylation sites is 2. The fraction of sp³-hybridized carbons (Fsp3) is 0.226. The molecule has 6 rings (SSSR count). The number of aromatic nitrogens is 4. The molecule has 0 bridgehead atoms. The van der Waals surface area contributed by atoms with Crippen molar-refractivity contribution in [3.05, 3.63) is 93.9 Å². The van der Waals surface area contributed by atoms with E-state index in [1.807, 2.05) is 87.6 Å². The second kappa shape index (κ2) is 13.1. The van der Waals surface area contributed by atoms with E-state index in [0.717, 1.165) is 40.8 Å². The van der Waals surface area contributed by atoms with Gasteiger partial charge in [0.2, 0.25) is 0 Å². The Labute approximate surface area is 263 Å². The number of anilines is 1. The average molecular weight is 633 g/mol. The van der Waals surface area contributed by atoms with Crippen molar-refractivity contribution in [1.29, 1.82) is 0 Å². The number of ether oxygens (including phenoxy) is 2. The highest BCUT2D eigenvalue weighted by atomic mass is 35.5. The number of thioether (sulfide) groups is 1. The number of nitrogens with zero attached hydrogens (tertiary/aromatic N) is 6. The van der Waals surface area contributed by atoms with E-state index in [9.17, 15) is 4.79 Å². The minimum absolute atomic E-state index is 0.0416. The van der Waals surface area contributed by atoms with Gasteiger partial charge in [-0.15, -0.1) is 21.5 Å². The highest BCUT2D eigenvalue weighted by Crippen LogP contribution is 2.36. The summed E-state index contributed by atoms with van der Waals surface area (Å²) in [5, 5.41) is 12.9. The molecular weight excluding hydrogens is 604 g/mol. The molecule has 0 radical (unpaired) electrons. The molecule has 1 aliphatic rings. The highest BCUT2D eigenvalue weighted by molar-refractivity contribution is 7.98. The van der Waals surface area contributed by atoms with Crippen LogP contribution in [-0.4, -0.2) is 71.0 Å². The molecule has 3 aromatic carbocycles. The van der Waals surface area contributed by atoms with E-state index in [2.05, 4.69) is 20.1 Å². The van der Waals surface area contributed by atoms with Crippen LogP contribution in [0.25, 0.3) is 17.1 Å². The molecule has 43 heavy (non-hydrogen) atoms. The summed E-state index contributed by atoms with van der Waals surface area (Å²) in [6, 6.07) is 23.3. The first-order valence-corrected chi connectivity index (χ1v) is 15.9. The fourth-order valence-corrected chi connectivity index (χ4v) is 6.89. The first-order valence-electron chi connectivity index (χ1n) is 13.6. The second-order valence-corrected chi connectivity index (χ2v) is 12.0. The van der Waals surface area contributed by atoms with Gasteiger partial charge in [0, 0.05) is 42.8 Å². The third-order valence-electron chi connectivity index (χ3n) is 7.17. The highest BCUT2D eigenvalue weighted by Gasteiger charge is 2.25. The Bertz CT molecular complexity index is 1720. The number of piperazine rings is 1. The van der Waals surface area contributed by atoms with Crippen LogP contribution in [-0.2, 0) is 5.75 Å². The van der Waals surface area contributed by atoms with Gasteiger partial charge in [-0.05, 0) is 48.5 Å². The van der Waals surface area contributed by atoms with Gasteiger partial charge < -0.3 is 19.3 Å². The van der Waals surface area contributed by atoms with Gasteiger partial charge >= 0.3 is 0 Å². The van der Waals surface area contributed by atoms with Gasteiger partial charge in [0.15, 0.2) is 11.0 Å². The Hall–Kier alpha value is -4.06. The largest absolute Gasteiger partial charge is 0.497 e. The number of benzene rings is 3. The average Bonchev–Trinajstić information content (AvgIpc) is 3.71. The molecule has 0 aliphatic carbocycles. The lowest BCUT2D eigenvalue weighted by Crippen LogP contribution is -2.48.